The Morgan fingerprint density at radius 1 is 0.655 bits per heavy atom. The van der Waals surface area contributed by atoms with E-state index in [1.165, 1.54) is 20.1 Å². The van der Waals surface area contributed by atoms with Crippen molar-refractivity contribution in [3.63, 3.8) is 0 Å². The van der Waals surface area contributed by atoms with Gasteiger partial charge in [0.15, 0.2) is 18.5 Å². The van der Waals surface area contributed by atoms with Crippen molar-refractivity contribution in [1.82, 2.24) is 0 Å². The molecule has 0 heterocycles. The minimum atomic E-state index is -0.889. The van der Waals surface area contributed by atoms with Crippen molar-refractivity contribution >= 4 is 23.9 Å². The normalized spacial score (nSPS) is 12.8. The summed E-state index contributed by atoms with van der Waals surface area (Å²) in [4.78, 5) is 47.9. The molecule has 0 aromatic heterocycles. The van der Waals surface area contributed by atoms with E-state index in [1.54, 1.807) is 12.1 Å². The number of hydrogen-bond donors (Lipinski definition) is 0. The first-order valence-electron chi connectivity index (χ1n) is 17.2. The Morgan fingerprint density at radius 3 is 1.69 bits per heavy atom. The molecule has 0 saturated carbocycles. The van der Waals surface area contributed by atoms with Gasteiger partial charge in [-0.15, -0.1) is 0 Å². The maximum absolute atomic E-state index is 12.3. The number of esters is 4. The van der Waals surface area contributed by atoms with Gasteiger partial charge in [-0.05, 0) is 71.5 Å². The number of rotatable bonds is 17. The molecule has 1 aliphatic carbocycles. The zero-order valence-electron chi connectivity index (χ0n) is 30.6. The highest BCUT2D eigenvalue weighted by molar-refractivity contribution is 5.88. The van der Waals surface area contributed by atoms with Gasteiger partial charge in [-0.3, -0.25) is 0 Å². The molecule has 0 spiro atoms. The van der Waals surface area contributed by atoms with Crippen LogP contribution in [0.1, 0.15) is 36.1 Å². The van der Waals surface area contributed by atoms with Crippen molar-refractivity contribution in [2.75, 3.05) is 19.8 Å². The van der Waals surface area contributed by atoms with Crippen LogP contribution in [0.25, 0.3) is 11.1 Å². The number of ether oxygens (including phenoxy) is 6. The van der Waals surface area contributed by atoms with Crippen molar-refractivity contribution in [2.24, 2.45) is 0 Å². The van der Waals surface area contributed by atoms with Gasteiger partial charge in [0.1, 0.15) is 31.0 Å². The highest BCUT2D eigenvalue weighted by Gasteiger charge is 2.45. The molecule has 4 aromatic rings. The second kappa shape index (κ2) is 17.7. The average molecular weight is 741 g/mol. The maximum Gasteiger partial charge on any atom is 0.338 e. The molecule has 0 N–H and O–H groups in total. The highest BCUT2D eigenvalue weighted by Crippen LogP contribution is 2.56. The van der Waals surface area contributed by atoms with E-state index in [0.29, 0.717) is 11.5 Å². The van der Waals surface area contributed by atoms with E-state index >= 15 is 0 Å². The maximum atomic E-state index is 12.3. The Bertz CT molecular complexity index is 2110. The Morgan fingerprint density at radius 2 is 1.16 bits per heavy atom. The van der Waals surface area contributed by atoms with Crippen LogP contribution in [-0.2, 0) is 43.5 Å². The van der Waals surface area contributed by atoms with Crippen molar-refractivity contribution in [2.45, 2.75) is 25.4 Å². The molecule has 1 unspecified atom stereocenters. The Balaban J connectivity index is 1.48. The SMILES string of the molecule is C=CC(=O)OC/C(=C\Oc1ccc(C2(c3ccc(OCC(COC(=O)C=C)OC(=O)C(=C)C)cc3)c3ccccc3-c3ccccc32)cc1)OC(=O)C(=C)C. The molecule has 4 aromatic carbocycles. The molecule has 0 aliphatic heterocycles. The van der Waals surface area contributed by atoms with E-state index < -0.39 is 35.4 Å². The van der Waals surface area contributed by atoms with Crippen LogP contribution < -0.4 is 9.47 Å². The fourth-order valence-electron chi connectivity index (χ4n) is 6.03. The van der Waals surface area contributed by atoms with Gasteiger partial charge < -0.3 is 28.4 Å². The number of carbonyl (C=O) groups excluding carboxylic acids is 4. The molecule has 0 amide bonds. The standard InChI is InChI=1S/C45H40O10/c1-7-41(46)52-27-35(54-43(48)29(3)4)25-50-33-21-17-31(18-22-33)45(39-15-11-9-13-37(39)38-14-10-12-16-40(38)45)32-19-23-34(24-20-32)51-26-36(28-53-42(47)8-2)55-44(49)30(5)6/h7-25,36H,1-3,5,26-28H2,4,6H3/b35-25+. The van der Waals surface area contributed by atoms with E-state index in [-0.39, 0.29) is 36.7 Å². The number of carbonyl (C=O) groups is 4. The summed E-state index contributed by atoms with van der Waals surface area (Å²) in [5.41, 5.74) is 5.84. The first-order chi connectivity index (χ1) is 26.5. The summed E-state index contributed by atoms with van der Waals surface area (Å²) in [6, 6.07) is 31.7. The third-order valence-corrected chi connectivity index (χ3v) is 8.59. The van der Waals surface area contributed by atoms with Crippen molar-refractivity contribution in [3.8, 4) is 22.6 Å². The lowest BCUT2D eigenvalue weighted by atomic mass is 9.68. The molecular formula is C45H40O10. The van der Waals surface area contributed by atoms with Crippen molar-refractivity contribution < 1.29 is 47.6 Å². The van der Waals surface area contributed by atoms with Gasteiger partial charge in [0.2, 0.25) is 0 Å². The predicted octanol–water partition coefficient (Wildman–Crippen LogP) is 7.71. The third-order valence-electron chi connectivity index (χ3n) is 8.59. The van der Waals surface area contributed by atoms with Gasteiger partial charge in [-0.2, -0.15) is 0 Å². The van der Waals surface area contributed by atoms with Crippen LogP contribution in [0.3, 0.4) is 0 Å². The van der Waals surface area contributed by atoms with E-state index in [4.69, 9.17) is 28.4 Å². The molecular weight excluding hydrogens is 700 g/mol. The van der Waals surface area contributed by atoms with Crippen LogP contribution in [0.2, 0.25) is 0 Å². The molecule has 0 bridgehead atoms. The molecule has 0 radical (unpaired) electrons. The van der Waals surface area contributed by atoms with Gasteiger partial charge in [0.25, 0.3) is 0 Å². The van der Waals surface area contributed by atoms with Crippen LogP contribution in [0.5, 0.6) is 11.5 Å². The van der Waals surface area contributed by atoms with Crippen LogP contribution in [0.4, 0.5) is 0 Å². The highest BCUT2D eigenvalue weighted by atomic mass is 16.6. The molecule has 10 heteroatoms. The minimum absolute atomic E-state index is 0.0391. The summed E-state index contributed by atoms with van der Waals surface area (Å²) in [5, 5.41) is 0. The van der Waals surface area contributed by atoms with E-state index in [9.17, 15) is 19.2 Å². The lowest BCUT2D eigenvalue weighted by molar-refractivity contribution is -0.155. The Hall–Kier alpha value is -6.94. The quantitative estimate of drug-likeness (QED) is 0.0405. The van der Waals surface area contributed by atoms with Crippen LogP contribution in [0.15, 0.2) is 159 Å². The first kappa shape index (κ1) is 39.3. The van der Waals surface area contributed by atoms with Gasteiger partial charge in [0.05, 0.1) is 5.41 Å². The summed E-state index contributed by atoms with van der Waals surface area (Å²) < 4.78 is 32.8. The lowest BCUT2D eigenvalue weighted by Crippen LogP contribution is -2.31. The third kappa shape index (κ3) is 9.00. The first-order valence-corrected chi connectivity index (χ1v) is 17.2. The average Bonchev–Trinajstić information content (AvgIpc) is 3.50. The van der Waals surface area contributed by atoms with Crippen molar-refractivity contribution in [3.05, 3.63) is 181 Å². The van der Waals surface area contributed by atoms with E-state index in [0.717, 1.165) is 45.5 Å². The molecule has 0 saturated heterocycles. The summed E-state index contributed by atoms with van der Waals surface area (Å²) in [6.07, 6.45) is 2.34. The number of hydrogen-bond acceptors (Lipinski definition) is 10. The van der Waals surface area contributed by atoms with Gasteiger partial charge in [-0.25, -0.2) is 19.2 Å². The van der Waals surface area contributed by atoms with Crippen molar-refractivity contribution in [1.29, 1.82) is 0 Å². The van der Waals surface area contributed by atoms with E-state index in [2.05, 4.69) is 50.6 Å². The molecule has 55 heavy (non-hydrogen) atoms. The van der Waals surface area contributed by atoms with Crippen LogP contribution in [0, 0.1) is 0 Å². The minimum Gasteiger partial charge on any atom is -0.490 e. The fraction of sp³-hybridized carbons (Fsp3) is 0.156. The molecule has 5 rings (SSSR count). The van der Waals surface area contributed by atoms with Gasteiger partial charge in [-0.1, -0.05) is 99.1 Å². The summed E-state index contributed by atoms with van der Waals surface area (Å²) in [5.74, 6) is -1.78. The molecule has 1 aliphatic rings. The van der Waals surface area contributed by atoms with Crippen LogP contribution >= 0.6 is 0 Å². The summed E-state index contributed by atoms with van der Waals surface area (Å²) in [7, 11) is 0. The van der Waals surface area contributed by atoms with Crippen LogP contribution in [-0.4, -0.2) is 49.8 Å². The monoisotopic (exact) mass is 740 g/mol. The molecule has 280 valence electrons. The smallest absolute Gasteiger partial charge is 0.338 e. The fourth-order valence-corrected chi connectivity index (χ4v) is 6.03. The second-order valence-corrected chi connectivity index (χ2v) is 12.5. The zero-order chi connectivity index (χ0) is 39.5. The zero-order valence-corrected chi connectivity index (χ0v) is 30.6. The number of benzene rings is 4. The molecule has 10 nitrogen and oxygen atoms in total. The van der Waals surface area contributed by atoms with E-state index in [1.807, 2.05) is 60.7 Å². The Labute approximate surface area is 319 Å². The Kier molecular flexibility index (Phi) is 12.7. The second-order valence-electron chi connectivity index (χ2n) is 12.5. The van der Waals surface area contributed by atoms with Gasteiger partial charge >= 0.3 is 23.9 Å². The number of fused-ring (bicyclic) bond motifs is 3. The summed E-state index contributed by atoms with van der Waals surface area (Å²) >= 11 is 0. The summed E-state index contributed by atoms with van der Waals surface area (Å²) in [6.45, 7) is 16.3. The largest absolute Gasteiger partial charge is 0.490 e. The molecule has 0 fully saturated rings. The topological polar surface area (TPSA) is 124 Å². The predicted molar refractivity (Wildman–Crippen MR) is 206 cm³/mol. The lowest BCUT2D eigenvalue weighted by Gasteiger charge is -2.34. The van der Waals surface area contributed by atoms with Gasteiger partial charge in [0, 0.05) is 23.3 Å². The molecule has 1 atom stereocenters.